The molecule has 6 nitrogen and oxygen atoms in total. The van der Waals surface area contributed by atoms with Crippen LogP contribution in [-0.2, 0) is 0 Å². The van der Waals surface area contributed by atoms with Gasteiger partial charge in [0.1, 0.15) is 5.69 Å². The fourth-order valence-electron chi connectivity index (χ4n) is 1.14. The lowest BCUT2D eigenvalue weighted by Crippen LogP contribution is -1.95. The molecule has 6 heteroatoms. The van der Waals surface area contributed by atoms with Gasteiger partial charge in [0.25, 0.3) is 5.69 Å². The number of nitrogens with zero attached hydrogens (tertiary/aromatic N) is 2. The van der Waals surface area contributed by atoms with E-state index in [2.05, 4.69) is 9.97 Å². The fourth-order valence-corrected chi connectivity index (χ4v) is 1.14. The SMILES string of the molecule is Nc1cc2nc[nH]c2cc1[N+](=O)[O-]. The van der Waals surface area contributed by atoms with Crippen molar-refractivity contribution in [3.63, 3.8) is 0 Å². The second-order valence-electron chi connectivity index (χ2n) is 2.59. The van der Waals surface area contributed by atoms with Crippen molar-refractivity contribution in [2.75, 3.05) is 5.73 Å². The lowest BCUT2D eigenvalue weighted by Gasteiger charge is -1.95. The number of aromatic amines is 1. The van der Waals surface area contributed by atoms with E-state index in [-0.39, 0.29) is 11.4 Å². The van der Waals surface area contributed by atoms with Gasteiger partial charge in [0.2, 0.25) is 0 Å². The Balaban J connectivity index is 2.76. The van der Waals surface area contributed by atoms with E-state index in [1.165, 1.54) is 18.5 Å². The van der Waals surface area contributed by atoms with Crippen LogP contribution in [0, 0.1) is 10.1 Å². The predicted octanol–water partition coefficient (Wildman–Crippen LogP) is 1.05. The summed E-state index contributed by atoms with van der Waals surface area (Å²) in [6.07, 6.45) is 1.47. The topological polar surface area (TPSA) is 97.8 Å². The molecule has 0 saturated carbocycles. The van der Waals surface area contributed by atoms with Crippen molar-refractivity contribution >= 4 is 22.4 Å². The molecule has 2 aromatic rings. The molecule has 0 aliphatic heterocycles. The Morgan fingerprint density at radius 1 is 1.54 bits per heavy atom. The van der Waals surface area contributed by atoms with E-state index in [9.17, 15) is 10.1 Å². The van der Waals surface area contributed by atoms with Crippen LogP contribution >= 0.6 is 0 Å². The number of benzene rings is 1. The maximum Gasteiger partial charge on any atom is 0.294 e. The van der Waals surface area contributed by atoms with Gasteiger partial charge in [-0.05, 0) is 6.07 Å². The minimum atomic E-state index is -0.518. The third-order valence-corrected chi connectivity index (χ3v) is 1.77. The summed E-state index contributed by atoms with van der Waals surface area (Å²) in [5, 5.41) is 10.5. The first-order valence-corrected chi connectivity index (χ1v) is 3.55. The highest BCUT2D eigenvalue weighted by Crippen LogP contribution is 2.25. The molecule has 0 amide bonds. The number of hydrogen-bond donors (Lipinski definition) is 2. The summed E-state index contributed by atoms with van der Waals surface area (Å²) in [6, 6.07) is 2.85. The zero-order valence-corrected chi connectivity index (χ0v) is 6.52. The minimum Gasteiger partial charge on any atom is -0.393 e. The second kappa shape index (κ2) is 2.44. The first kappa shape index (κ1) is 7.53. The number of nitro groups is 1. The number of nitro benzene ring substituents is 1. The van der Waals surface area contributed by atoms with Gasteiger partial charge >= 0.3 is 0 Å². The zero-order chi connectivity index (χ0) is 9.42. The molecule has 0 atom stereocenters. The molecule has 66 valence electrons. The Morgan fingerprint density at radius 3 is 3.00 bits per heavy atom. The van der Waals surface area contributed by atoms with Crippen molar-refractivity contribution in [1.82, 2.24) is 9.97 Å². The molecular weight excluding hydrogens is 172 g/mol. The second-order valence-corrected chi connectivity index (χ2v) is 2.59. The van der Waals surface area contributed by atoms with Gasteiger partial charge in [-0.2, -0.15) is 0 Å². The lowest BCUT2D eigenvalue weighted by molar-refractivity contribution is -0.383. The first-order valence-electron chi connectivity index (χ1n) is 3.55. The van der Waals surface area contributed by atoms with Crippen LogP contribution < -0.4 is 5.73 Å². The molecule has 0 saturated heterocycles. The van der Waals surface area contributed by atoms with Crippen LogP contribution in [0.2, 0.25) is 0 Å². The highest BCUT2D eigenvalue weighted by Gasteiger charge is 2.12. The van der Waals surface area contributed by atoms with Gasteiger partial charge in [-0.25, -0.2) is 4.98 Å². The standard InChI is InChI=1S/C7H6N4O2/c8-4-1-5-6(10-3-9-5)2-7(4)11(12)13/h1-3H,8H2,(H,9,10). The molecule has 1 heterocycles. The van der Waals surface area contributed by atoms with Crippen molar-refractivity contribution in [2.45, 2.75) is 0 Å². The number of aromatic nitrogens is 2. The van der Waals surface area contributed by atoms with Crippen molar-refractivity contribution in [3.05, 3.63) is 28.6 Å². The maximum absolute atomic E-state index is 10.5. The van der Waals surface area contributed by atoms with Gasteiger partial charge in [-0.1, -0.05) is 0 Å². The van der Waals surface area contributed by atoms with E-state index < -0.39 is 4.92 Å². The Bertz CT molecular complexity index is 476. The zero-order valence-electron chi connectivity index (χ0n) is 6.52. The summed E-state index contributed by atoms with van der Waals surface area (Å²) in [7, 11) is 0. The van der Waals surface area contributed by atoms with E-state index in [0.717, 1.165) is 0 Å². The monoisotopic (exact) mass is 178 g/mol. The molecule has 0 aliphatic carbocycles. The van der Waals surface area contributed by atoms with Crippen LogP contribution in [0.1, 0.15) is 0 Å². The highest BCUT2D eigenvalue weighted by atomic mass is 16.6. The molecule has 0 radical (unpaired) electrons. The molecule has 0 bridgehead atoms. The summed E-state index contributed by atoms with van der Waals surface area (Å²) >= 11 is 0. The van der Waals surface area contributed by atoms with Crippen LogP contribution in [0.5, 0.6) is 0 Å². The minimum absolute atomic E-state index is 0.100. The molecule has 0 fully saturated rings. The summed E-state index contributed by atoms with van der Waals surface area (Å²) in [5.41, 5.74) is 6.72. The molecular formula is C7H6N4O2. The number of nitrogen functional groups attached to an aromatic ring is 1. The molecule has 0 aliphatic rings. The van der Waals surface area contributed by atoms with Crippen LogP contribution in [-0.4, -0.2) is 14.9 Å². The molecule has 3 N–H and O–H groups in total. The van der Waals surface area contributed by atoms with Crippen LogP contribution in [0.15, 0.2) is 18.5 Å². The Hall–Kier alpha value is -2.11. The summed E-state index contributed by atoms with van der Waals surface area (Å²) in [4.78, 5) is 16.7. The third kappa shape index (κ3) is 1.08. The van der Waals surface area contributed by atoms with Crippen molar-refractivity contribution < 1.29 is 4.92 Å². The number of hydrogen-bond acceptors (Lipinski definition) is 4. The number of nitrogens with one attached hydrogen (secondary N) is 1. The van der Waals surface area contributed by atoms with E-state index in [4.69, 9.17) is 5.73 Å². The average molecular weight is 178 g/mol. The molecule has 0 spiro atoms. The highest BCUT2D eigenvalue weighted by molar-refractivity contribution is 5.83. The van der Waals surface area contributed by atoms with Gasteiger partial charge in [0, 0.05) is 6.07 Å². The van der Waals surface area contributed by atoms with Crippen LogP contribution in [0.3, 0.4) is 0 Å². The lowest BCUT2D eigenvalue weighted by atomic mass is 10.2. The van der Waals surface area contributed by atoms with Gasteiger partial charge < -0.3 is 10.7 Å². The number of fused-ring (bicyclic) bond motifs is 1. The number of H-pyrrole nitrogens is 1. The average Bonchev–Trinajstić information content (AvgIpc) is 2.48. The largest absolute Gasteiger partial charge is 0.393 e. The van der Waals surface area contributed by atoms with Gasteiger partial charge in [0.15, 0.2) is 0 Å². The smallest absolute Gasteiger partial charge is 0.294 e. The molecule has 1 aromatic carbocycles. The third-order valence-electron chi connectivity index (χ3n) is 1.77. The normalized spacial score (nSPS) is 10.5. The quantitative estimate of drug-likeness (QED) is 0.387. The fraction of sp³-hybridized carbons (Fsp3) is 0. The van der Waals surface area contributed by atoms with Gasteiger partial charge in [-0.15, -0.1) is 0 Å². The van der Waals surface area contributed by atoms with Gasteiger partial charge in [-0.3, -0.25) is 10.1 Å². The number of rotatable bonds is 1. The maximum atomic E-state index is 10.5. The summed E-state index contributed by atoms with van der Waals surface area (Å²) < 4.78 is 0. The van der Waals surface area contributed by atoms with E-state index in [1.807, 2.05) is 0 Å². The van der Waals surface area contributed by atoms with E-state index >= 15 is 0 Å². The van der Waals surface area contributed by atoms with E-state index in [0.29, 0.717) is 11.0 Å². The first-order chi connectivity index (χ1) is 6.18. The number of nitrogens with two attached hydrogens (primary N) is 1. The van der Waals surface area contributed by atoms with Crippen LogP contribution in [0.4, 0.5) is 11.4 Å². The van der Waals surface area contributed by atoms with Crippen molar-refractivity contribution in [3.8, 4) is 0 Å². The molecule has 1 aromatic heterocycles. The van der Waals surface area contributed by atoms with Gasteiger partial charge in [0.05, 0.1) is 22.3 Å². The van der Waals surface area contributed by atoms with Crippen LogP contribution in [0.25, 0.3) is 11.0 Å². The summed E-state index contributed by atoms with van der Waals surface area (Å²) in [6.45, 7) is 0. The van der Waals surface area contributed by atoms with Crippen molar-refractivity contribution in [2.24, 2.45) is 0 Å². The van der Waals surface area contributed by atoms with Crippen molar-refractivity contribution in [1.29, 1.82) is 0 Å². The van der Waals surface area contributed by atoms with E-state index in [1.54, 1.807) is 0 Å². The molecule has 0 unspecified atom stereocenters. The number of anilines is 1. The Labute approximate surface area is 72.5 Å². The summed E-state index contributed by atoms with van der Waals surface area (Å²) in [5.74, 6) is 0. The predicted molar refractivity (Wildman–Crippen MR) is 47.2 cm³/mol. The Morgan fingerprint density at radius 2 is 2.31 bits per heavy atom. The molecule has 13 heavy (non-hydrogen) atoms. The molecule has 2 rings (SSSR count). The number of imidazole rings is 1. The Kier molecular flexibility index (Phi) is 1.42.